The first kappa shape index (κ1) is 9.81. The van der Waals surface area contributed by atoms with Gasteiger partial charge in [0.1, 0.15) is 0 Å². The molecule has 0 aliphatic carbocycles. The Morgan fingerprint density at radius 2 is 1.70 bits per heavy atom. The number of hydrogen-bond donors (Lipinski definition) is 1. The third kappa shape index (κ3) is 2.60. The first-order valence-electron chi connectivity index (χ1n) is 2.52. The molecule has 0 heterocycles. The van der Waals surface area contributed by atoms with Crippen molar-refractivity contribution in [2.24, 2.45) is 0 Å². The molecular weight excluding hydrogens is 162 g/mol. The molecule has 1 aromatic carbocycles. The summed E-state index contributed by atoms with van der Waals surface area (Å²) in [6.45, 7) is 0. The molecule has 0 amide bonds. The van der Waals surface area contributed by atoms with E-state index in [1.54, 1.807) is 24.3 Å². The van der Waals surface area contributed by atoms with Crippen molar-refractivity contribution in [3.05, 3.63) is 30.3 Å². The van der Waals surface area contributed by atoms with Crippen LogP contribution in [0.15, 0.2) is 30.3 Å². The minimum atomic E-state index is -2.15. The second-order valence-corrected chi connectivity index (χ2v) is 2.67. The normalized spacial score (nSPS) is 9.90. The standard InChI is InChI=1S/C6H5O2P.Al.3H/c7-9(8)6-4-2-1-3-5-6;;;;/h1-5H;;;;/p+1. The SMILES string of the molecule is O=[P+](O)c1ccccc1.[AlH3]. The summed E-state index contributed by atoms with van der Waals surface area (Å²) < 4.78 is 10.3. The molecule has 1 atom stereocenters. The van der Waals surface area contributed by atoms with E-state index >= 15 is 0 Å². The van der Waals surface area contributed by atoms with Gasteiger partial charge in [-0.05, 0) is 16.7 Å². The predicted molar refractivity (Wildman–Crippen MR) is 45.8 cm³/mol. The summed E-state index contributed by atoms with van der Waals surface area (Å²) in [5.74, 6) is 0. The molecule has 0 saturated heterocycles. The van der Waals surface area contributed by atoms with Crippen LogP contribution in [0.25, 0.3) is 0 Å². The summed E-state index contributed by atoms with van der Waals surface area (Å²) in [7, 11) is -2.15. The van der Waals surface area contributed by atoms with Gasteiger partial charge in [0.25, 0.3) is 0 Å². The molecule has 0 radical (unpaired) electrons. The Hall–Kier alpha value is -0.188. The fourth-order valence-electron chi connectivity index (χ4n) is 0.556. The summed E-state index contributed by atoms with van der Waals surface area (Å²) in [5.41, 5.74) is 0. The van der Waals surface area contributed by atoms with Crippen molar-refractivity contribution in [2.75, 3.05) is 0 Å². The smallest absolute Gasteiger partial charge is 0.156 e. The largest absolute Gasteiger partial charge is 0.546 e. The fraction of sp³-hybridized carbons (Fsp3) is 0. The predicted octanol–water partition coefficient (Wildman–Crippen LogP) is -0.137. The fourth-order valence-corrected chi connectivity index (χ4v) is 0.983. The molecule has 0 aliphatic rings. The Morgan fingerprint density at radius 1 is 1.20 bits per heavy atom. The molecule has 10 heavy (non-hydrogen) atoms. The first-order valence-corrected chi connectivity index (χ1v) is 3.73. The summed E-state index contributed by atoms with van der Waals surface area (Å²) in [5, 5.41) is 0.479. The van der Waals surface area contributed by atoms with Gasteiger partial charge in [-0.15, -0.1) is 0 Å². The quantitative estimate of drug-likeness (QED) is 0.471. The summed E-state index contributed by atoms with van der Waals surface area (Å²) in [6, 6.07) is 8.53. The van der Waals surface area contributed by atoms with Crippen molar-refractivity contribution in [1.29, 1.82) is 0 Å². The van der Waals surface area contributed by atoms with Gasteiger partial charge in [0.15, 0.2) is 17.4 Å². The van der Waals surface area contributed by atoms with Crippen molar-refractivity contribution >= 4 is 30.7 Å². The molecule has 0 aromatic heterocycles. The minimum Gasteiger partial charge on any atom is -0.156 e. The van der Waals surface area contributed by atoms with Gasteiger partial charge in [-0.25, -0.2) is 0 Å². The van der Waals surface area contributed by atoms with E-state index in [2.05, 4.69) is 0 Å². The Morgan fingerprint density at radius 3 is 2.00 bits per heavy atom. The van der Waals surface area contributed by atoms with Crippen molar-refractivity contribution in [3.8, 4) is 0 Å². The lowest BCUT2D eigenvalue weighted by atomic mass is 10.4. The molecule has 2 nitrogen and oxygen atoms in total. The van der Waals surface area contributed by atoms with E-state index in [9.17, 15) is 4.57 Å². The topological polar surface area (TPSA) is 37.3 Å². The molecule has 1 N–H and O–H groups in total. The number of rotatable bonds is 1. The number of hydrogen-bond acceptors (Lipinski definition) is 1. The third-order valence-electron chi connectivity index (χ3n) is 0.977. The summed E-state index contributed by atoms with van der Waals surface area (Å²) in [6.07, 6.45) is 0. The maximum Gasteiger partial charge on any atom is 0.546 e. The first-order chi connectivity index (χ1) is 4.30. The third-order valence-corrected chi connectivity index (χ3v) is 1.72. The molecule has 0 fully saturated rings. The van der Waals surface area contributed by atoms with Gasteiger partial charge in [0, 0.05) is 0 Å². The van der Waals surface area contributed by atoms with E-state index < -0.39 is 8.03 Å². The van der Waals surface area contributed by atoms with Gasteiger partial charge in [0.2, 0.25) is 5.30 Å². The Bertz CT molecular complexity index is 212. The molecule has 52 valence electrons. The van der Waals surface area contributed by atoms with Crippen molar-refractivity contribution in [2.45, 2.75) is 0 Å². The molecular formula is C6H9AlO2P+. The average Bonchev–Trinajstić information content (AvgIpc) is 1.90. The molecule has 0 aliphatic heterocycles. The maximum absolute atomic E-state index is 10.3. The molecule has 0 saturated carbocycles. The van der Waals surface area contributed by atoms with Crippen LogP contribution < -0.4 is 5.30 Å². The monoisotopic (exact) mass is 171 g/mol. The van der Waals surface area contributed by atoms with E-state index in [0.29, 0.717) is 5.30 Å². The molecule has 1 aromatic rings. The van der Waals surface area contributed by atoms with Gasteiger partial charge in [-0.3, -0.25) is 0 Å². The van der Waals surface area contributed by atoms with Crippen LogP contribution in [0.4, 0.5) is 0 Å². The molecule has 1 unspecified atom stereocenters. The highest BCUT2D eigenvalue weighted by molar-refractivity contribution is 7.47. The molecule has 1 rings (SSSR count). The van der Waals surface area contributed by atoms with E-state index in [-0.39, 0.29) is 17.4 Å². The van der Waals surface area contributed by atoms with Gasteiger partial charge in [-0.1, -0.05) is 18.2 Å². The van der Waals surface area contributed by atoms with Crippen LogP contribution in [-0.2, 0) is 4.57 Å². The van der Waals surface area contributed by atoms with Gasteiger partial charge >= 0.3 is 8.03 Å². The van der Waals surface area contributed by atoms with E-state index in [0.717, 1.165) is 0 Å². The minimum absolute atomic E-state index is 0. The highest BCUT2D eigenvalue weighted by Gasteiger charge is 2.12. The van der Waals surface area contributed by atoms with Crippen LogP contribution in [0, 0.1) is 0 Å². The lowest BCUT2D eigenvalue weighted by molar-refractivity contribution is 0.513. The van der Waals surface area contributed by atoms with Crippen LogP contribution in [-0.4, -0.2) is 22.3 Å². The van der Waals surface area contributed by atoms with Crippen LogP contribution in [0.2, 0.25) is 0 Å². The maximum atomic E-state index is 10.3. The zero-order valence-corrected chi connectivity index (χ0v) is 5.58. The Kier molecular flexibility index (Phi) is 4.51. The summed E-state index contributed by atoms with van der Waals surface area (Å²) in [4.78, 5) is 8.53. The van der Waals surface area contributed by atoms with Gasteiger partial charge < -0.3 is 0 Å². The lowest BCUT2D eigenvalue weighted by Crippen LogP contribution is -1.91. The van der Waals surface area contributed by atoms with Crippen LogP contribution in [0.3, 0.4) is 0 Å². The van der Waals surface area contributed by atoms with Crippen LogP contribution in [0.5, 0.6) is 0 Å². The van der Waals surface area contributed by atoms with Gasteiger partial charge in [0.05, 0.1) is 0 Å². The van der Waals surface area contributed by atoms with Crippen molar-refractivity contribution in [1.82, 2.24) is 0 Å². The lowest BCUT2D eigenvalue weighted by Gasteiger charge is -1.77. The van der Waals surface area contributed by atoms with Crippen molar-refractivity contribution in [3.63, 3.8) is 0 Å². The van der Waals surface area contributed by atoms with E-state index in [1.165, 1.54) is 0 Å². The van der Waals surface area contributed by atoms with E-state index in [4.69, 9.17) is 4.89 Å². The highest BCUT2D eigenvalue weighted by Crippen LogP contribution is 2.10. The number of benzene rings is 1. The summed E-state index contributed by atoms with van der Waals surface area (Å²) >= 11 is 0. The second kappa shape index (κ2) is 4.60. The van der Waals surface area contributed by atoms with Crippen LogP contribution in [0.1, 0.15) is 0 Å². The van der Waals surface area contributed by atoms with Gasteiger partial charge in [-0.2, -0.15) is 4.89 Å². The molecule has 0 spiro atoms. The average molecular weight is 171 g/mol. The van der Waals surface area contributed by atoms with Crippen LogP contribution >= 0.6 is 8.03 Å². The van der Waals surface area contributed by atoms with E-state index in [1.807, 2.05) is 6.07 Å². The molecule has 4 heteroatoms. The molecule has 0 bridgehead atoms. The highest BCUT2D eigenvalue weighted by atomic mass is 31.1. The zero-order valence-electron chi connectivity index (χ0n) is 4.69. The second-order valence-electron chi connectivity index (χ2n) is 1.61. The van der Waals surface area contributed by atoms with Crippen molar-refractivity contribution < 1.29 is 9.46 Å². The Labute approximate surface area is 70.9 Å². The Balaban J connectivity index is 0.000000810. The zero-order chi connectivity index (χ0) is 6.69.